The molecule has 6 heteroatoms. The number of aliphatic hydroxyl groups excluding tert-OH is 1. The van der Waals surface area contributed by atoms with Crippen molar-refractivity contribution in [2.45, 2.75) is 24.9 Å². The van der Waals surface area contributed by atoms with E-state index in [1.165, 1.54) is 18.3 Å². The molecule has 0 fully saturated rings. The van der Waals surface area contributed by atoms with Crippen molar-refractivity contribution in [3.63, 3.8) is 0 Å². The number of rotatable bonds is 1. The highest BCUT2D eigenvalue weighted by atomic mass is 19.3. The van der Waals surface area contributed by atoms with Gasteiger partial charge in [0.05, 0.1) is 5.56 Å². The minimum atomic E-state index is -3.17. The first-order valence-electron chi connectivity index (χ1n) is 6.32. The zero-order chi connectivity index (χ0) is 15.2. The Bertz CT molecular complexity index is 746. The fourth-order valence-electron chi connectivity index (χ4n) is 2.53. The summed E-state index contributed by atoms with van der Waals surface area (Å²) in [5.74, 6) is -3.81. The van der Waals surface area contributed by atoms with Crippen molar-refractivity contribution in [1.29, 1.82) is 5.26 Å². The molecule has 1 aliphatic carbocycles. The number of alkyl halides is 2. The van der Waals surface area contributed by atoms with Gasteiger partial charge < -0.3 is 9.67 Å². The lowest BCUT2D eigenvalue weighted by Crippen LogP contribution is -2.32. The molecule has 1 N–H and O–H groups in total. The fraction of sp³-hybridized carbons (Fsp3) is 0.267. The van der Waals surface area contributed by atoms with Gasteiger partial charge in [-0.05, 0) is 24.6 Å². The van der Waals surface area contributed by atoms with E-state index in [-0.39, 0.29) is 17.5 Å². The normalized spacial score (nSPS) is 19.9. The Morgan fingerprint density at radius 2 is 2.19 bits per heavy atom. The number of nitrogens with zero attached hydrogens (tertiary/aromatic N) is 2. The van der Waals surface area contributed by atoms with Crippen LogP contribution >= 0.6 is 0 Å². The molecule has 2 aromatic rings. The average Bonchev–Trinajstić information content (AvgIpc) is 2.88. The van der Waals surface area contributed by atoms with E-state index in [0.717, 1.165) is 6.07 Å². The molecule has 0 bridgehead atoms. The zero-order valence-electron chi connectivity index (χ0n) is 10.8. The lowest BCUT2D eigenvalue weighted by Gasteiger charge is -2.28. The quantitative estimate of drug-likeness (QED) is 0.878. The van der Waals surface area contributed by atoms with Gasteiger partial charge in [0.1, 0.15) is 18.0 Å². The molecule has 3 nitrogen and oxygen atoms in total. The SMILES string of the molecule is N#Cc1cc(-n2c[c]c3c2CCC(F)(F)[C@H]3O)ccc1F. The molecular weight excluding hydrogens is 281 g/mol. The minimum absolute atomic E-state index is 0.0501. The van der Waals surface area contributed by atoms with Crippen molar-refractivity contribution in [3.05, 3.63) is 53.1 Å². The summed E-state index contributed by atoms with van der Waals surface area (Å²) in [7, 11) is 0. The maximum absolute atomic E-state index is 13.5. The van der Waals surface area contributed by atoms with E-state index in [9.17, 15) is 18.3 Å². The van der Waals surface area contributed by atoms with Gasteiger partial charge in [0, 0.05) is 35.6 Å². The van der Waals surface area contributed by atoms with E-state index in [4.69, 9.17) is 5.26 Å². The summed E-state index contributed by atoms with van der Waals surface area (Å²) in [6.45, 7) is 0. The highest BCUT2D eigenvalue weighted by Gasteiger charge is 2.44. The van der Waals surface area contributed by atoms with Crippen LogP contribution in [0.2, 0.25) is 0 Å². The molecule has 0 unspecified atom stereocenters. The molecule has 3 rings (SSSR count). The molecule has 21 heavy (non-hydrogen) atoms. The minimum Gasteiger partial charge on any atom is -0.382 e. The summed E-state index contributed by atoms with van der Waals surface area (Å²) in [6, 6.07) is 8.30. The lowest BCUT2D eigenvalue weighted by atomic mass is 9.91. The number of nitriles is 1. The van der Waals surface area contributed by atoms with E-state index < -0.39 is 24.3 Å². The van der Waals surface area contributed by atoms with E-state index in [1.807, 2.05) is 0 Å². The molecule has 0 saturated heterocycles. The van der Waals surface area contributed by atoms with Crippen molar-refractivity contribution in [1.82, 2.24) is 4.57 Å². The third-order valence-electron chi connectivity index (χ3n) is 3.67. The number of hydrogen-bond donors (Lipinski definition) is 1. The second kappa shape index (κ2) is 4.64. The van der Waals surface area contributed by atoms with Crippen LogP contribution in [0.4, 0.5) is 13.2 Å². The van der Waals surface area contributed by atoms with Crippen LogP contribution in [-0.4, -0.2) is 15.6 Å². The molecule has 1 radical (unpaired) electrons. The molecule has 0 aliphatic heterocycles. The molecule has 107 valence electrons. The average molecular weight is 291 g/mol. The van der Waals surface area contributed by atoms with Crippen molar-refractivity contribution in [2.24, 2.45) is 0 Å². The number of halogens is 3. The first-order valence-corrected chi connectivity index (χ1v) is 6.32. The van der Waals surface area contributed by atoms with Crippen molar-refractivity contribution in [2.75, 3.05) is 0 Å². The highest BCUT2D eigenvalue weighted by molar-refractivity contribution is 5.45. The predicted molar refractivity (Wildman–Crippen MR) is 67.5 cm³/mol. The zero-order valence-corrected chi connectivity index (χ0v) is 10.8. The predicted octanol–water partition coefficient (Wildman–Crippen LogP) is 2.90. The third kappa shape index (κ3) is 2.10. The molecule has 0 amide bonds. The van der Waals surface area contributed by atoms with Gasteiger partial charge in [-0.15, -0.1) is 0 Å². The van der Waals surface area contributed by atoms with Crippen LogP contribution in [0.15, 0.2) is 24.4 Å². The Morgan fingerprint density at radius 1 is 1.43 bits per heavy atom. The molecule has 1 atom stereocenters. The second-order valence-corrected chi connectivity index (χ2v) is 4.94. The summed E-state index contributed by atoms with van der Waals surface area (Å²) < 4.78 is 41.9. The molecule has 1 aromatic heterocycles. The smallest absolute Gasteiger partial charge is 0.278 e. The van der Waals surface area contributed by atoms with E-state index in [2.05, 4.69) is 6.07 Å². The van der Waals surface area contributed by atoms with Crippen LogP contribution in [0.3, 0.4) is 0 Å². The number of aliphatic hydroxyl groups is 1. The first-order chi connectivity index (χ1) is 9.94. The Morgan fingerprint density at radius 3 is 2.90 bits per heavy atom. The van der Waals surface area contributed by atoms with E-state index >= 15 is 0 Å². The van der Waals surface area contributed by atoms with Gasteiger partial charge in [0.25, 0.3) is 5.92 Å². The molecule has 0 saturated carbocycles. The van der Waals surface area contributed by atoms with Crippen molar-refractivity contribution >= 4 is 0 Å². The van der Waals surface area contributed by atoms with E-state index in [1.54, 1.807) is 10.6 Å². The fourth-order valence-corrected chi connectivity index (χ4v) is 2.53. The van der Waals surface area contributed by atoms with Crippen LogP contribution in [0.1, 0.15) is 29.3 Å². The molecule has 1 heterocycles. The Labute approximate surface area is 118 Å². The summed E-state index contributed by atoms with van der Waals surface area (Å²) in [6.07, 6.45) is -0.865. The van der Waals surface area contributed by atoms with Gasteiger partial charge in [0.15, 0.2) is 0 Å². The molecule has 1 aliphatic rings. The van der Waals surface area contributed by atoms with Gasteiger partial charge in [-0.25, -0.2) is 13.2 Å². The number of benzene rings is 1. The van der Waals surface area contributed by atoms with E-state index in [0.29, 0.717) is 11.4 Å². The molecule has 0 spiro atoms. The van der Waals surface area contributed by atoms with Gasteiger partial charge in [-0.3, -0.25) is 0 Å². The summed E-state index contributed by atoms with van der Waals surface area (Å²) in [5, 5.41) is 18.5. The highest BCUT2D eigenvalue weighted by Crippen LogP contribution is 2.42. The van der Waals surface area contributed by atoms with Gasteiger partial charge in [-0.2, -0.15) is 5.26 Å². The van der Waals surface area contributed by atoms with Crippen molar-refractivity contribution in [3.8, 4) is 11.8 Å². The van der Waals surface area contributed by atoms with Crippen LogP contribution in [0.5, 0.6) is 0 Å². The standard InChI is InChI=1S/C15H10F3N2O/c16-12-2-1-10(7-9(12)8-19)20-6-4-11-13(20)3-5-15(17,18)14(11)21/h1-2,6-7,14,21H,3,5H2/t14-/m0/s1. The lowest BCUT2D eigenvalue weighted by molar-refractivity contribution is -0.122. The van der Waals surface area contributed by atoms with Crippen LogP contribution in [-0.2, 0) is 6.42 Å². The maximum atomic E-state index is 13.5. The largest absolute Gasteiger partial charge is 0.382 e. The van der Waals surface area contributed by atoms with Crippen LogP contribution in [0.25, 0.3) is 5.69 Å². The van der Waals surface area contributed by atoms with Crippen LogP contribution in [0, 0.1) is 23.2 Å². The summed E-state index contributed by atoms with van der Waals surface area (Å²) in [5.41, 5.74) is 0.900. The van der Waals surface area contributed by atoms with Gasteiger partial charge >= 0.3 is 0 Å². The maximum Gasteiger partial charge on any atom is 0.278 e. The first kappa shape index (κ1) is 13.7. The number of hydrogen-bond acceptors (Lipinski definition) is 2. The van der Waals surface area contributed by atoms with Crippen LogP contribution < -0.4 is 0 Å². The number of aromatic nitrogens is 1. The number of fused-ring (bicyclic) bond motifs is 1. The second-order valence-electron chi connectivity index (χ2n) is 4.94. The van der Waals surface area contributed by atoms with Gasteiger partial charge in [0.2, 0.25) is 0 Å². The summed E-state index contributed by atoms with van der Waals surface area (Å²) >= 11 is 0. The Balaban J connectivity index is 2.09. The monoisotopic (exact) mass is 291 g/mol. The third-order valence-corrected chi connectivity index (χ3v) is 3.67. The Kier molecular flexibility index (Phi) is 3.03. The topological polar surface area (TPSA) is 49.0 Å². The molecular formula is C15H10F3N2O. The Hall–Kier alpha value is -2.26. The molecule has 1 aromatic carbocycles. The summed E-state index contributed by atoms with van der Waals surface area (Å²) in [4.78, 5) is 0. The van der Waals surface area contributed by atoms with Crippen molar-refractivity contribution < 1.29 is 18.3 Å². The van der Waals surface area contributed by atoms with Gasteiger partial charge in [-0.1, -0.05) is 0 Å².